The van der Waals surface area contributed by atoms with Crippen molar-refractivity contribution in [3.05, 3.63) is 42.1 Å². The molecule has 1 atom stereocenters. The fourth-order valence-corrected chi connectivity index (χ4v) is 1.73. The second-order valence-corrected chi connectivity index (χ2v) is 4.67. The molecule has 0 spiro atoms. The van der Waals surface area contributed by atoms with Gasteiger partial charge in [0.2, 0.25) is 0 Å². The lowest BCUT2D eigenvalue weighted by Gasteiger charge is -2.07. The molecule has 5 heteroatoms. The van der Waals surface area contributed by atoms with Gasteiger partial charge in [-0.25, -0.2) is 0 Å². The second-order valence-electron chi connectivity index (χ2n) is 4.67. The highest BCUT2D eigenvalue weighted by Crippen LogP contribution is 2.20. The Morgan fingerprint density at radius 3 is 2.60 bits per heavy atom. The van der Waals surface area contributed by atoms with E-state index in [1.54, 1.807) is 0 Å². The smallest absolute Gasteiger partial charge is 0.189 e. The SMILES string of the molecule is Cc1ccc(-c2ccc(OCOCC3CO3)cc2)nn1. The van der Waals surface area contributed by atoms with Crippen molar-refractivity contribution in [2.24, 2.45) is 0 Å². The summed E-state index contributed by atoms with van der Waals surface area (Å²) in [7, 11) is 0. The van der Waals surface area contributed by atoms with Crippen molar-refractivity contribution in [2.75, 3.05) is 20.0 Å². The first-order chi connectivity index (χ1) is 9.81. The van der Waals surface area contributed by atoms with Gasteiger partial charge in [0.25, 0.3) is 0 Å². The molecule has 1 aromatic carbocycles. The van der Waals surface area contributed by atoms with E-state index in [0.29, 0.717) is 6.61 Å². The second kappa shape index (κ2) is 5.98. The molecule has 0 radical (unpaired) electrons. The quantitative estimate of drug-likeness (QED) is 0.458. The number of hydrogen-bond donors (Lipinski definition) is 0. The summed E-state index contributed by atoms with van der Waals surface area (Å²) in [5.74, 6) is 0.769. The normalized spacial score (nSPS) is 16.9. The van der Waals surface area contributed by atoms with E-state index in [2.05, 4.69) is 10.2 Å². The molecule has 1 aliphatic heterocycles. The van der Waals surface area contributed by atoms with Crippen molar-refractivity contribution in [3.63, 3.8) is 0 Å². The van der Waals surface area contributed by atoms with Gasteiger partial charge < -0.3 is 14.2 Å². The highest BCUT2D eigenvalue weighted by atomic mass is 16.7. The first-order valence-corrected chi connectivity index (χ1v) is 6.54. The minimum atomic E-state index is 0.240. The fourth-order valence-electron chi connectivity index (χ4n) is 1.73. The van der Waals surface area contributed by atoms with Crippen LogP contribution in [0.5, 0.6) is 5.75 Å². The molecule has 0 saturated carbocycles. The van der Waals surface area contributed by atoms with Crippen LogP contribution in [-0.4, -0.2) is 36.3 Å². The molecular formula is C15H16N2O3. The highest BCUT2D eigenvalue weighted by Gasteiger charge is 2.22. The molecule has 1 saturated heterocycles. The molecule has 0 N–H and O–H groups in total. The number of benzene rings is 1. The molecule has 1 fully saturated rings. The van der Waals surface area contributed by atoms with Gasteiger partial charge in [-0.2, -0.15) is 10.2 Å². The Morgan fingerprint density at radius 2 is 1.95 bits per heavy atom. The van der Waals surface area contributed by atoms with Crippen molar-refractivity contribution >= 4 is 0 Å². The number of epoxide rings is 1. The third-order valence-electron chi connectivity index (χ3n) is 2.96. The zero-order valence-electron chi connectivity index (χ0n) is 11.3. The summed E-state index contributed by atoms with van der Waals surface area (Å²) in [6, 6.07) is 11.6. The molecule has 0 aliphatic carbocycles. The highest BCUT2D eigenvalue weighted by molar-refractivity contribution is 5.59. The molecule has 104 valence electrons. The van der Waals surface area contributed by atoms with Gasteiger partial charge in [-0.05, 0) is 43.3 Å². The van der Waals surface area contributed by atoms with E-state index >= 15 is 0 Å². The van der Waals surface area contributed by atoms with Gasteiger partial charge in [0.15, 0.2) is 6.79 Å². The Balaban J connectivity index is 1.54. The predicted octanol–water partition coefficient (Wildman–Crippen LogP) is 2.20. The summed E-state index contributed by atoms with van der Waals surface area (Å²) in [6.07, 6.45) is 0.265. The van der Waals surface area contributed by atoms with Gasteiger partial charge in [-0.1, -0.05) is 0 Å². The maximum Gasteiger partial charge on any atom is 0.189 e. The van der Waals surface area contributed by atoms with Crippen LogP contribution < -0.4 is 4.74 Å². The molecule has 3 rings (SSSR count). The average Bonchev–Trinajstić information content (AvgIpc) is 3.29. The van der Waals surface area contributed by atoms with Crippen molar-refractivity contribution < 1.29 is 14.2 Å². The molecule has 1 aromatic heterocycles. The summed E-state index contributed by atoms with van der Waals surface area (Å²) >= 11 is 0. The zero-order chi connectivity index (χ0) is 13.8. The Hall–Kier alpha value is -1.98. The standard InChI is InChI=1S/C15H16N2O3/c1-11-2-7-15(17-16-11)12-3-5-13(6-4-12)20-10-18-8-14-9-19-14/h2-7,14H,8-10H2,1H3. The van der Waals surface area contributed by atoms with E-state index in [-0.39, 0.29) is 12.9 Å². The van der Waals surface area contributed by atoms with E-state index in [4.69, 9.17) is 14.2 Å². The number of hydrogen-bond acceptors (Lipinski definition) is 5. The van der Waals surface area contributed by atoms with Crippen LogP contribution in [0.3, 0.4) is 0 Å². The van der Waals surface area contributed by atoms with Gasteiger partial charge in [-0.3, -0.25) is 0 Å². The first kappa shape index (κ1) is 13.0. The third-order valence-corrected chi connectivity index (χ3v) is 2.96. The minimum Gasteiger partial charge on any atom is -0.468 e. The van der Waals surface area contributed by atoms with Crippen molar-refractivity contribution in [2.45, 2.75) is 13.0 Å². The summed E-state index contributed by atoms with van der Waals surface area (Å²) in [4.78, 5) is 0. The number of ether oxygens (including phenoxy) is 3. The monoisotopic (exact) mass is 272 g/mol. The van der Waals surface area contributed by atoms with Crippen molar-refractivity contribution in [1.82, 2.24) is 10.2 Å². The van der Waals surface area contributed by atoms with Gasteiger partial charge in [0, 0.05) is 5.56 Å². The molecule has 5 nitrogen and oxygen atoms in total. The molecule has 2 aromatic rings. The average molecular weight is 272 g/mol. The summed E-state index contributed by atoms with van der Waals surface area (Å²) in [5.41, 5.74) is 2.77. The van der Waals surface area contributed by atoms with Gasteiger partial charge in [-0.15, -0.1) is 0 Å². The van der Waals surface area contributed by atoms with Gasteiger partial charge in [0.1, 0.15) is 11.9 Å². The number of rotatable bonds is 6. The Morgan fingerprint density at radius 1 is 1.15 bits per heavy atom. The molecule has 1 aliphatic rings. The van der Waals surface area contributed by atoms with E-state index in [9.17, 15) is 0 Å². The van der Waals surface area contributed by atoms with Gasteiger partial charge >= 0.3 is 0 Å². The molecular weight excluding hydrogens is 256 g/mol. The molecule has 2 heterocycles. The lowest BCUT2D eigenvalue weighted by atomic mass is 10.1. The van der Waals surface area contributed by atoms with Gasteiger partial charge in [0.05, 0.1) is 24.6 Å². The number of aryl methyl sites for hydroxylation is 1. The van der Waals surface area contributed by atoms with Crippen molar-refractivity contribution in [3.8, 4) is 17.0 Å². The summed E-state index contributed by atoms with van der Waals surface area (Å²) in [5, 5.41) is 8.20. The first-order valence-electron chi connectivity index (χ1n) is 6.54. The van der Waals surface area contributed by atoms with Crippen molar-refractivity contribution in [1.29, 1.82) is 0 Å². The maximum absolute atomic E-state index is 5.48. The molecule has 0 bridgehead atoms. The largest absolute Gasteiger partial charge is 0.468 e. The fraction of sp³-hybridized carbons (Fsp3) is 0.333. The van der Waals surface area contributed by atoms with Crippen LogP contribution in [0.1, 0.15) is 5.69 Å². The summed E-state index contributed by atoms with van der Waals surface area (Å²) < 4.78 is 15.8. The minimum absolute atomic E-state index is 0.240. The van der Waals surface area contributed by atoms with Crippen LogP contribution in [0.15, 0.2) is 36.4 Å². The Bertz CT molecular complexity index is 550. The van der Waals surface area contributed by atoms with Crippen LogP contribution in [0, 0.1) is 6.92 Å². The molecule has 1 unspecified atom stereocenters. The number of nitrogens with zero attached hydrogens (tertiary/aromatic N) is 2. The molecule has 0 amide bonds. The van der Waals surface area contributed by atoms with E-state index in [0.717, 1.165) is 29.3 Å². The third kappa shape index (κ3) is 3.53. The molecule has 20 heavy (non-hydrogen) atoms. The van der Waals surface area contributed by atoms with Crippen LogP contribution >= 0.6 is 0 Å². The lowest BCUT2D eigenvalue weighted by Crippen LogP contribution is -2.07. The van der Waals surface area contributed by atoms with Crippen LogP contribution in [0.25, 0.3) is 11.3 Å². The van der Waals surface area contributed by atoms with E-state index in [1.807, 2.05) is 43.3 Å². The lowest BCUT2D eigenvalue weighted by molar-refractivity contribution is 0.00822. The van der Waals surface area contributed by atoms with Crippen LogP contribution in [0.4, 0.5) is 0 Å². The zero-order valence-corrected chi connectivity index (χ0v) is 11.3. The Labute approximate surface area is 117 Å². The van der Waals surface area contributed by atoms with E-state index in [1.165, 1.54) is 0 Å². The summed E-state index contributed by atoms with van der Waals surface area (Å²) in [6.45, 7) is 3.55. The maximum atomic E-state index is 5.48. The van der Waals surface area contributed by atoms with Crippen LogP contribution in [0.2, 0.25) is 0 Å². The number of aromatic nitrogens is 2. The van der Waals surface area contributed by atoms with E-state index < -0.39 is 0 Å². The predicted molar refractivity (Wildman–Crippen MR) is 73.4 cm³/mol. The van der Waals surface area contributed by atoms with Crippen LogP contribution in [-0.2, 0) is 9.47 Å². The topological polar surface area (TPSA) is 56.8 Å². The Kier molecular flexibility index (Phi) is 3.90.